The molecule has 2 aliphatic rings. The maximum Gasteiger partial charge on any atom is 0.243 e. The third-order valence-corrected chi connectivity index (χ3v) is 4.48. The molecule has 0 unspecified atom stereocenters. The number of piperazine rings is 1. The molecule has 0 radical (unpaired) electrons. The van der Waals surface area contributed by atoms with Crippen molar-refractivity contribution < 1.29 is 9.18 Å². The first-order valence-corrected chi connectivity index (χ1v) is 7.69. The number of benzene rings is 1. The quantitative estimate of drug-likeness (QED) is 0.870. The summed E-state index contributed by atoms with van der Waals surface area (Å²) in [5, 5.41) is 6.70. The lowest BCUT2D eigenvalue weighted by molar-refractivity contribution is -0.138. The molecule has 1 amide bonds. The van der Waals surface area contributed by atoms with Crippen molar-refractivity contribution in [2.45, 2.75) is 24.8 Å². The van der Waals surface area contributed by atoms with Crippen molar-refractivity contribution in [3.05, 3.63) is 35.6 Å². The molecule has 114 valence electrons. The predicted molar refractivity (Wildman–Crippen MR) is 79.5 cm³/mol. The predicted octanol–water partition coefficient (Wildman–Crippen LogP) is 0.922. The zero-order valence-electron chi connectivity index (χ0n) is 12.2. The highest BCUT2D eigenvalue weighted by atomic mass is 19.1. The minimum atomic E-state index is -0.505. The van der Waals surface area contributed by atoms with Gasteiger partial charge in [-0.1, -0.05) is 12.1 Å². The van der Waals surface area contributed by atoms with Gasteiger partial charge in [0.2, 0.25) is 5.91 Å². The maximum absolute atomic E-state index is 13.0. The number of nitrogens with zero attached hydrogens (tertiary/aromatic N) is 1. The van der Waals surface area contributed by atoms with Crippen LogP contribution in [0.2, 0.25) is 0 Å². The number of amides is 1. The van der Waals surface area contributed by atoms with Crippen molar-refractivity contribution in [1.82, 2.24) is 15.5 Å². The summed E-state index contributed by atoms with van der Waals surface area (Å²) in [5.74, 6) is -0.0357. The van der Waals surface area contributed by atoms with Crippen molar-refractivity contribution in [3.63, 3.8) is 0 Å². The van der Waals surface area contributed by atoms with E-state index in [1.54, 1.807) is 12.1 Å². The molecule has 0 saturated carbocycles. The molecule has 1 aromatic rings. The second kappa shape index (κ2) is 6.12. The Labute approximate surface area is 124 Å². The molecule has 21 heavy (non-hydrogen) atoms. The lowest BCUT2D eigenvalue weighted by Gasteiger charge is -2.37. The molecule has 2 fully saturated rings. The molecule has 0 aromatic heterocycles. The highest BCUT2D eigenvalue weighted by molar-refractivity contribution is 5.87. The molecular weight excluding hydrogens is 269 g/mol. The third-order valence-electron chi connectivity index (χ3n) is 4.48. The highest BCUT2D eigenvalue weighted by Crippen LogP contribution is 2.27. The van der Waals surface area contributed by atoms with E-state index in [0.29, 0.717) is 6.42 Å². The van der Waals surface area contributed by atoms with Crippen LogP contribution in [0, 0.1) is 5.82 Å². The van der Waals surface area contributed by atoms with Gasteiger partial charge in [0.25, 0.3) is 0 Å². The van der Waals surface area contributed by atoms with Crippen LogP contribution in [0.15, 0.2) is 24.3 Å². The second-order valence-electron chi connectivity index (χ2n) is 5.96. The van der Waals surface area contributed by atoms with E-state index in [1.165, 1.54) is 12.1 Å². The SMILES string of the molecule is O=C(N1CCNCC1)[C@@]1(Cc2ccc(F)cc2)CCCN1. The van der Waals surface area contributed by atoms with Gasteiger partial charge < -0.3 is 15.5 Å². The molecular formula is C16H22FN3O. The Kier molecular flexibility index (Phi) is 4.22. The van der Waals surface area contributed by atoms with E-state index in [-0.39, 0.29) is 11.7 Å². The van der Waals surface area contributed by atoms with Crippen LogP contribution in [0.4, 0.5) is 4.39 Å². The topological polar surface area (TPSA) is 44.4 Å². The summed E-state index contributed by atoms with van der Waals surface area (Å²) >= 11 is 0. The molecule has 4 nitrogen and oxygen atoms in total. The fourth-order valence-electron chi connectivity index (χ4n) is 3.34. The van der Waals surface area contributed by atoms with Crippen LogP contribution in [0.3, 0.4) is 0 Å². The van der Waals surface area contributed by atoms with Crippen LogP contribution < -0.4 is 10.6 Å². The van der Waals surface area contributed by atoms with Gasteiger partial charge in [-0.2, -0.15) is 0 Å². The summed E-state index contributed by atoms with van der Waals surface area (Å²) in [6, 6.07) is 6.49. The molecule has 2 saturated heterocycles. The molecule has 0 aliphatic carbocycles. The lowest BCUT2D eigenvalue weighted by Crippen LogP contribution is -2.59. The Balaban J connectivity index is 1.78. The van der Waals surface area contributed by atoms with E-state index in [2.05, 4.69) is 10.6 Å². The number of carbonyl (C=O) groups is 1. The Morgan fingerprint density at radius 3 is 2.52 bits per heavy atom. The summed E-state index contributed by atoms with van der Waals surface area (Å²) in [6.07, 6.45) is 2.50. The maximum atomic E-state index is 13.0. The standard InChI is InChI=1S/C16H22FN3O/c17-14-4-2-13(3-5-14)12-16(6-1-7-19-16)15(21)20-10-8-18-9-11-20/h2-5,18-19H,1,6-12H2/t16-/m0/s1. The minimum Gasteiger partial charge on any atom is -0.339 e. The fourth-order valence-corrected chi connectivity index (χ4v) is 3.34. The van der Waals surface area contributed by atoms with Crippen LogP contribution in [0.25, 0.3) is 0 Å². The summed E-state index contributed by atoms with van der Waals surface area (Å²) in [4.78, 5) is 14.9. The molecule has 0 spiro atoms. The number of hydrogen-bond donors (Lipinski definition) is 2. The molecule has 1 atom stereocenters. The number of nitrogens with one attached hydrogen (secondary N) is 2. The van der Waals surface area contributed by atoms with Crippen molar-refractivity contribution in [1.29, 1.82) is 0 Å². The summed E-state index contributed by atoms with van der Waals surface area (Å²) < 4.78 is 13.0. The van der Waals surface area contributed by atoms with E-state index in [9.17, 15) is 9.18 Å². The first kappa shape index (κ1) is 14.5. The number of halogens is 1. The summed E-state index contributed by atoms with van der Waals surface area (Å²) in [7, 11) is 0. The first-order chi connectivity index (χ1) is 10.2. The average molecular weight is 291 g/mol. The van der Waals surface area contributed by atoms with Crippen LogP contribution in [-0.2, 0) is 11.2 Å². The smallest absolute Gasteiger partial charge is 0.243 e. The molecule has 2 heterocycles. The van der Waals surface area contributed by atoms with E-state index in [0.717, 1.165) is 51.1 Å². The Morgan fingerprint density at radius 1 is 1.19 bits per heavy atom. The van der Waals surface area contributed by atoms with Gasteiger partial charge >= 0.3 is 0 Å². The fraction of sp³-hybridized carbons (Fsp3) is 0.562. The van der Waals surface area contributed by atoms with Crippen LogP contribution in [-0.4, -0.2) is 49.1 Å². The lowest BCUT2D eigenvalue weighted by atomic mass is 9.87. The van der Waals surface area contributed by atoms with Gasteiger partial charge in [-0.15, -0.1) is 0 Å². The number of hydrogen-bond acceptors (Lipinski definition) is 3. The molecule has 0 bridgehead atoms. The Hall–Kier alpha value is -1.46. The van der Waals surface area contributed by atoms with Gasteiger partial charge in [0.05, 0.1) is 0 Å². The van der Waals surface area contributed by atoms with Gasteiger partial charge in [-0.25, -0.2) is 4.39 Å². The van der Waals surface area contributed by atoms with Gasteiger partial charge in [0, 0.05) is 26.2 Å². The van der Waals surface area contributed by atoms with Gasteiger partial charge in [0.15, 0.2) is 0 Å². The molecule has 1 aromatic carbocycles. The first-order valence-electron chi connectivity index (χ1n) is 7.69. The Bertz CT molecular complexity index is 491. The van der Waals surface area contributed by atoms with Crippen LogP contribution >= 0.6 is 0 Å². The third kappa shape index (κ3) is 3.09. The zero-order valence-corrected chi connectivity index (χ0v) is 12.2. The minimum absolute atomic E-state index is 0.200. The van der Waals surface area contributed by atoms with Gasteiger partial charge in [0.1, 0.15) is 11.4 Å². The number of carbonyl (C=O) groups excluding carboxylic acids is 1. The molecule has 2 aliphatic heterocycles. The van der Waals surface area contributed by atoms with Crippen molar-refractivity contribution in [2.24, 2.45) is 0 Å². The van der Waals surface area contributed by atoms with E-state index < -0.39 is 5.54 Å². The van der Waals surface area contributed by atoms with E-state index >= 15 is 0 Å². The molecule has 5 heteroatoms. The van der Waals surface area contributed by atoms with Crippen LogP contribution in [0.1, 0.15) is 18.4 Å². The Morgan fingerprint density at radius 2 is 1.90 bits per heavy atom. The molecule has 2 N–H and O–H groups in total. The van der Waals surface area contributed by atoms with Gasteiger partial charge in [-0.3, -0.25) is 4.79 Å². The summed E-state index contributed by atoms with van der Waals surface area (Å²) in [5.41, 5.74) is 0.504. The largest absolute Gasteiger partial charge is 0.339 e. The van der Waals surface area contributed by atoms with E-state index in [4.69, 9.17) is 0 Å². The highest BCUT2D eigenvalue weighted by Gasteiger charge is 2.43. The van der Waals surface area contributed by atoms with E-state index in [1.807, 2.05) is 4.90 Å². The van der Waals surface area contributed by atoms with Crippen molar-refractivity contribution in [2.75, 3.05) is 32.7 Å². The van der Waals surface area contributed by atoms with Gasteiger partial charge in [-0.05, 0) is 43.5 Å². The van der Waals surface area contributed by atoms with Crippen molar-refractivity contribution >= 4 is 5.91 Å². The second-order valence-corrected chi connectivity index (χ2v) is 5.96. The zero-order chi connectivity index (χ0) is 14.7. The average Bonchev–Trinajstić information content (AvgIpc) is 2.99. The molecule has 3 rings (SSSR count). The van der Waals surface area contributed by atoms with Crippen LogP contribution in [0.5, 0.6) is 0 Å². The summed E-state index contributed by atoms with van der Waals surface area (Å²) in [6.45, 7) is 4.13. The monoisotopic (exact) mass is 291 g/mol. The number of rotatable bonds is 3. The van der Waals surface area contributed by atoms with Crippen molar-refractivity contribution in [3.8, 4) is 0 Å². The normalized spacial score (nSPS) is 26.0.